The molecule has 1 heterocycles. The molecular formula is C16H14N4O2. The van der Waals surface area contributed by atoms with Crippen molar-refractivity contribution in [2.24, 2.45) is 0 Å². The lowest BCUT2D eigenvalue weighted by Crippen LogP contribution is -2.13. The van der Waals surface area contributed by atoms with Gasteiger partial charge < -0.3 is 10.1 Å². The van der Waals surface area contributed by atoms with Gasteiger partial charge in [0.1, 0.15) is 12.1 Å². The Balaban J connectivity index is 1.92. The van der Waals surface area contributed by atoms with Crippen LogP contribution in [0, 0.1) is 0 Å². The second-order valence-corrected chi connectivity index (χ2v) is 4.53. The van der Waals surface area contributed by atoms with E-state index in [1.807, 2.05) is 30.3 Å². The Morgan fingerprint density at radius 3 is 2.68 bits per heavy atom. The van der Waals surface area contributed by atoms with Gasteiger partial charge in [0.05, 0.1) is 18.4 Å². The minimum absolute atomic E-state index is 0.246. The van der Waals surface area contributed by atoms with E-state index >= 15 is 0 Å². The van der Waals surface area contributed by atoms with Gasteiger partial charge in [-0.05, 0) is 24.3 Å². The number of para-hydroxylation sites is 2. The number of carbonyl (C=O) groups excluding carboxylic acids is 1. The van der Waals surface area contributed by atoms with E-state index in [2.05, 4.69) is 20.5 Å². The highest BCUT2D eigenvalue weighted by molar-refractivity contribution is 6.07. The van der Waals surface area contributed by atoms with E-state index in [1.165, 1.54) is 13.4 Å². The fourth-order valence-corrected chi connectivity index (χ4v) is 2.16. The number of H-pyrrole nitrogens is 1. The highest BCUT2D eigenvalue weighted by atomic mass is 16.5. The van der Waals surface area contributed by atoms with Gasteiger partial charge in [-0.15, -0.1) is 0 Å². The molecule has 2 aromatic carbocycles. The molecule has 0 fully saturated rings. The Hall–Kier alpha value is -3.15. The molecule has 22 heavy (non-hydrogen) atoms. The number of rotatable bonds is 4. The first-order chi connectivity index (χ1) is 10.8. The number of aromatic amines is 1. The number of nitrogens with zero attached hydrogens (tertiary/aromatic N) is 2. The molecule has 0 spiro atoms. The first-order valence-electron chi connectivity index (χ1n) is 6.68. The van der Waals surface area contributed by atoms with Crippen LogP contribution in [0.15, 0.2) is 54.9 Å². The van der Waals surface area contributed by atoms with Crippen molar-refractivity contribution in [2.75, 3.05) is 12.4 Å². The summed E-state index contributed by atoms with van der Waals surface area (Å²) in [6, 6.07) is 14.5. The quantitative estimate of drug-likeness (QED) is 0.775. The molecule has 6 heteroatoms. The first-order valence-corrected chi connectivity index (χ1v) is 6.68. The van der Waals surface area contributed by atoms with Crippen LogP contribution in [0.1, 0.15) is 10.4 Å². The lowest BCUT2D eigenvalue weighted by Gasteiger charge is -2.11. The minimum atomic E-state index is -0.246. The number of ether oxygens (including phenoxy) is 1. The average molecular weight is 294 g/mol. The number of hydrogen-bond donors (Lipinski definition) is 2. The lowest BCUT2D eigenvalue weighted by molar-refractivity contribution is 0.102. The van der Waals surface area contributed by atoms with Crippen LogP contribution in [0.5, 0.6) is 5.75 Å². The van der Waals surface area contributed by atoms with Crippen molar-refractivity contribution >= 4 is 11.6 Å². The summed E-state index contributed by atoms with van der Waals surface area (Å²) in [5, 5.41) is 9.51. The topological polar surface area (TPSA) is 79.9 Å². The van der Waals surface area contributed by atoms with Crippen LogP contribution in [-0.4, -0.2) is 28.2 Å². The molecule has 0 bridgehead atoms. The second-order valence-electron chi connectivity index (χ2n) is 4.53. The molecule has 0 radical (unpaired) electrons. The number of nitrogens with one attached hydrogen (secondary N) is 2. The molecule has 0 saturated carbocycles. The van der Waals surface area contributed by atoms with Gasteiger partial charge in [-0.25, -0.2) is 4.98 Å². The van der Waals surface area contributed by atoms with E-state index < -0.39 is 0 Å². The van der Waals surface area contributed by atoms with Crippen LogP contribution in [-0.2, 0) is 0 Å². The molecule has 0 atom stereocenters. The molecule has 1 aromatic heterocycles. The predicted octanol–water partition coefficient (Wildman–Crippen LogP) is 2.73. The largest absolute Gasteiger partial charge is 0.496 e. The maximum Gasteiger partial charge on any atom is 0.259 e. The zero-order valence-corrected chi connectivity index (χ0v) is 11.9. The molecule has 1 amide bonds. The highest BCUT2D eigenvalue weighted by Crippen LogP contribution is 2.26. The smallest absolute Gasteiger partial charge is 0.259 e. The van der Waals surface area contributed by atoms with Crippen molar-refractivity contribution in [3.63, 3.8) is 0 Å². The van der Waals surface area contributed by atoms with Crippen LogP contribution >= 0.6 is 0 Å². The molecule has 110 valence electrons. The monoisotopic (exact) mass is 294 g/mol. The summed E-state index contributed by atoms with van der Waals surface area (Å²) in [6.07, 6.45) is 1.42. The third-order valence-electron chi connectivity index (χ3n) is 3.20. The molecule has 2 N–H and O–H groups in total. The number of aromatic nitrogens is 3. The van der Waals surface area contributed by atoms with Gasteiger partial charge >= 0.3 is 0 Å². The Morgan fingerprint density at radius 1 is 1.14 bits per heavy atom. The van der Waals surface area contributed by atoms with Crippen LogP contribution < -0.4 is 10.1 Å². The van der Waals surface area contributed by atoms with Gasteiger partial charge in [0.25, 0.3) is 5.91 Å². The molecule has 0 aliphatic carbocycles. The molecule has 3 aromatic rings. The number of methoxy groups -OCH3 is 1. The molecular weight excluding hydrogens is 280 g/mol. The summed E-state index contributed by atoms with van der Waals surface area (Å²) in [5.74, 6) is 0.873. The van der Waals surface area contributed by atoms with Crippen molar-refractivity contribution in [1.82, 2.24) is 15.2 Å². The molecule has 0 saturated heterocycles. The summed E-state index contributed by atoms with van der Waals surface area (Å²) < 4.78 is 5.22. The number of hydrogen-bond acceptors (Lipinski definition) is 4. The van der Waals surface area contributed by atoms with Gasteiger partial charge in [-0.1, -0.05) is 24.3 Å². The first kappa shape index (κ1) is 13.8. The van der Waals surface area contributed by atoms with E-state index in [-0.39, 0.29) is 5.91 Å². The van der Waals surface area contributed by atoms with Gasteiger partial charge in [0, 0.05) is 5.56 Å². The van der Waals surface area contributed by atoms with Crippen LogP contribution in [0.2, 0.25) is 0 Å². The normalized spacial score (nSPS) is 10.2. The highest BCUT2D eigenvalue weighted by Gasteiger charge is 2.14. The summed E-state index contributed by atoms with van der Waals surface area (Å²) in [5.41, 5.74) is 1.88. The second kappa shape index (κ2) is 6.09. The van der Waals surface area contributed by atoms with Crippen molar-refractivity contribution < 1.29 is 9.53 Å². The summed E-state index contributed by atoms with van der Waals surface area (Å²) in [6.45, 7) is 0. The van der Waals surface area contributed by atoms with E-state index in [4.69, 9.17) is 4.74 Å². The van der Waals surface area contributed by atoms with Gasteiger partial charge in [-0.2, -0.15) is 5.10 Å². The molecule has 3 rings (SSSR count). The van der Waals surface area contributed by atoms with Crippen molar-refractivity contribution in [2.45, 2.75) is 0 Å². The molecule has 6 nitrogen and oxygen atoms in total. The van der Waals surface area contributed by atoms with Gasteiger partial charge in [-0.3, -0.25) is 9.89 Å². The van der Waals surface area contributed by atoms with Crippen LogP contribution in [0.3, 0.4) is 0 Å². The fraction of sp³-hybridized carbons (Fsp3) is 0.0625. The summed E-state index contributed by atoms with van der Waals surface area (Å²) in [7, 11) is 1.54. The van der Waals surface area contributed by atoms with Gasteiger partial charge in [0.15, 0.2) is 5.82 Å². The summed E-state index contributed by atoms with van der Waals surface area (Å²) >= 11 is 0. The third-order valence-corrected chi connectivity index (χ3v) is 3.20. The lowest BCUT2D eigenvalue weighted by atomic mass is 10.1. The van der Waals surface area contributed by atoms with E-state index in [1.54, 1.807) is 18.2 Å². The van der Waals surface area contributed by atoms with Crippen molar-refractivity contribution in [3.05, 3.63) is 60.4 Å². The van der Waals surface area contributed by atoms with E-state index in [9.17, 15) is 4.79 Å². The van der Waals surface area contributed by atoms with Crippen LogP contribution in [0.25, 0.3) is 11.4 Å². The number of carbonyl (C=O) groups is 1. The van der Waals surface area contributed by atoms with Crippen molar-refractivity contribution in [3.8, 4) is 17.1 Å². The Morgan fingerprint density at radius 2 is 1.91 bits per heavy atom. The van der Waals surface area contributed by atoms with Crippen LogP contribution in [0.4, 0.5) is 5.69 Å². The van der Waals surface area contributed by atoms with Gasteiger partial charge in [0.2, 0.25) is 0 Å². The zero-order chi connectivity index (χ0) is 15.4. The number of amides is 1. The number of benzene rings is 2. The Kier molecular flexibility index (Phi) is 3.82. The standard InChI is InChI=1S/C16H14N4O2/c1-22-14-9-5-3-7-12(14)16(21)19-13-8-4-2-6-11(13)15-17-10-18-20-15/h2-10H,1H3,(H,19,21)(H,17,18,20). The molecule has 0 aliphatic heterocycles. The minimum Gasteiger partial charge on any atom is -0.496 e. The zero-order valence-electron chi connectivity index (χ0n) is 11.9. The maximum atomic E-state index is 12.5. The molecule has 0 unspecified atom stereocenters. The van der Waals surface area contributed by atoms with Crippen molar-refractivity contribution in [1.29, 1.82) is 0 Å². The van der Waals surface area contributed by atoms with E-state index in [0.717, 1.165) is 5.56 Å². The summed E-state index contributed by atoms with van der Waals surface area (Å²) in [4.78, 5) is 16.6. The third kappa shape index (κ3) is 2.67. The molecule has 0 aliphatic rings. The predicted molar refractivity (Wildman–Crippen MR) is 82.8 cm³/mol. The maximum absolute atomic E-state index is 12.5. The number of anilines is 1. The Labute approximate surface area is 127 Å². The Bertz CT molecular complexity index is 784. The SMILES string of the molecule is COc1ccccc1C(=O)Nc1ccccc1-c1ncn[nH]1. The van der Waals surface area contributed by atoms with E-state index in [0.29, 0.717) is 22.8 Å². The fourth-order valence-electron chi connectivity index (χ4n) is 2.16. The average Bonchev–Trinajstić information content (AvgIpc) is 3.09.